The highest BCUT2D eigenvalue weighted by Crippen LogP contribution is 2.50. The van der Waals surface area contributed by atoms with Gasteiger partial charge in [0.1, 0.15) is 0 Å². The van der Waals surface area contributed by atoms with Crippen molar-refractivity contribution >= 4 is 5.97 Å². The van der Waals surface area contributed by atoms with Gasteiger partial charge in [0, 0.05) is 11.6 Å². The lowest BCUT2D eigenvalue weighted by molar-refractivity contribution is -0.148. The summed E-state index contributed by atoms with van der Waals surface area (Å²) in [6.45, 7) is 0. The molecule has 1 aliphatic carbocycles. The van der Waals surface area contributed by atoms with Crippen molar-refractivity contribution < 1.29 is 19.4 Å². The van der Waals surface area contributed by atoms with Crippen molar-refractivity contribution in [1.29, 1.82) is 0 Å². The molecule has 0 aliphatic heterocycles. The molecule has 1 aliphatic rings. The van der Waals surface area contributed by atoms with Gasteiger partial charge in [0.05, 0.1) is 0 Å². The van der Waals surface area contributed by atoms with Crippen LogP contribution in [0.1, 0.15) is 18.4 Å². The highest BCUT2D eigenvalue weighted by Gasteiger charge is 2.53. The molecule has 1 aromatic rings. The number of hydrogen-bond acceptors (Lipinski definition) is 3. The lowest BCUT2D eigenvalue weighted by Gasteiger charge is -2.18. The molecule has 1 fully saturated rings. The maximum Gasteiger partial charge on any atom is 0.333 e. The van der Waals surface area contributed by atoms with E-state index in [1.807, 2.05) is 0 Å². The molecule has 0 amide bonds. The minimum absolute atomic E-state index is 0.582. The molecule has 2 rings (SSSR count). The van der Waals surface area contributed by atoms with E-state index in [4.69, 9.17) is 5.11 Å². The normalized spacial score (nSPS) is 19.6. The predicted molar refractivity (Wildman–Crippen MR) is 48.7 cm³/mol. The van der Waals surface area contributed by atoms with E-state index in [0.717, 1.165) is 0 Å². The molecule has 0 aromatic carbocycles. The summed E-state index contributed by atoms with van der Waals surface area (Å²) >= 11 is 0. The molecular formula is C10H10FNO3. The SMILES string of the molecule is O=C(O)C(O)C1(c2ccc(F)nc2)CC1. The monoisotopic (exact) mass is 211 g/mol. The van der Waals surface area contributed by atoms with Crippen molar-refractivity contribution in [2.75, 3.05) is 0 Å². The molecule has 1 saturated carbocycles. The summed E-state index contributed by atoms with van der Waals surface area (Å²) in [6, 6.07) is 2.64. The first-order valence-electron chi connectivity index (χ1n) is 4.59. The summed E-state index contributed by atoms with van der Waals surface area (Å²) in [5, 5.41) is 18.2. The molecule has 5 heteroatoms. The first-order chi connectivity index (χ1) is 7.06. The zero-order valence-electron chi connectivity index (χ0n) is 7.85. The number of pyridine rings is 1. The quantitative estimate of drug-likeness (QED) is 0.722. The first kappa shape index (κ1) is 10.0. The van der Waals surface area contributed by atoms with Gasteiger partial charge >= 0.3 is 5.97 Å². The highest BCUT2D eigenvalue weighted by molar-refractivity contribution is 5.75. The number of carboxylic acids is 1. The molecule has 15 heavy (non-hydrogen) atoms. The number of hydrogen-bond donors (Lipinski definition) is 2. The summed E-state index contributed by atoms with van der Waals surface area (Å²) in [7, 11) is 0. The molecule has 0 bridgehead atoms. The fourth-order valence-corrected chi connectivity index (χ4v) is 1.76. The molecule has 0 radical (unpaired) electrons. The van der Waals surface area contributed by atoms with Gasteiger partial charge in [-0.1, -0.05) is 6.07 Å². The smallest absolute Gasteiger partial charge is 0.333 e. The maximum absolute atomic E-state index is 12.6. The third-order valence-electron chi connectivity index (χ3n) is 2.85. The Balaban J connectivity index is 2.30. The van der Waals surface area contributed by atoms with Gasteiger partial charge in [0.2, 0.25) is 5.95 Å². The van der Waals surface area contributed by atoms with Gasteiger partial charge in [-0.25, -0.2) is 9.78 Å². The summed E-state index contributed by atoms with van der Waals surface area (Å²) < 4.78 is 12.6. The number of rotatable bonds is 3. The van der Waals surface area contributed by atoms with Crippen molar-refractivity contribution in [3.63, 3.8) is 0 Å². The fourth-order valence-electron chi connectivity index (χ4n) is 1.76. The number of aliphatic hydroxyl groups excluding tert-OH is 1. The van der Waals surface area contributed by atoms with Crippen LogP contribution < -0.4 is 0 Å². The highest BCUT2D eigenvalue weighted by atomic mass is 19.1. The first-order valence-corrected chi connectivity index (χ1v) is 4.59. The summed E-state index contributed by atoms with van der Waals surface area (Å²) in [4.78, 5) is 14.1. The average molecular weight is 211 g/mol. The van der Waals surface area contributed by atoms with Gasteiger partial charge in [0.25, 0.3) is 0 Å². The molecule has 0 saturated heterocycles. The molecule has 1 atom stereocenters. The number of nitrogens with zero attached hydrogens (tertiary/aromatic N) is 1. The van der Waals surface area contributed by atoms with E-state index in [1.54, 1.807) is 0 Å². The number of aliphatic hydroxyl groups is 1. The second kappa shape index (κ2) is 3.27. The molecule has 1 unspecified atom stereocenters. The van der Waals surface area contributed by atoms with Crippen molar-refractivity contribution in [3.05, 3.63) is 29.8 Å². The van der Waals surface area contributed by atoms with Crippen LogP contribution in [0.4, 0.5) is 4.39 Å². The largest absolute Gasteiger partial charge is 0.479 e. The van der Waals surface area contributed by atoms with Crippen LogP contribution in [-0.2, 0) is 10.2 Å². The molecule has 1 heterocycles. The number of halogens is 1. The van der Waals surface area contributed by atoms with E-state index in [9.17, 15) is 14.3 Å². The Morgan fingerprint density at radius 1 is 1.53 bits per heavy atom. The summed E-state index contributed by atoms with van der Waals surface area (Å²) in [5.74, 6) is -1.86. The third kappa shape index (κ3) is 1.59. The van der Waals surface area contributed by atoms with Crippen LogP contribution in [0.5, 0.6) is 0 Å². The van der Waals surface area contributed by atoms with Crippen LogP contribution in [0, 0.1) is 5.95 Å². The van der Waals surface area contributed by atoms with Crippen molar-refractivity contribution in [1.82, 2.24) is 4.98 Å². The minimum Gasteiger partial charge on any atom is -0.479 e. The van der Waals surface area contributed by atoms with E-state index < -0.39 is 23.4 Å². The second-order valence-corrected chi connectivity index (χ2v) is 3.77. The lowest BCUT2D eigenvalue weighted by Crippen LogP contribution is -2.33. The van der Waals surface area contributed by atoms with Gasteiger partial charge < -0.3 is 10.2 Å². The van der Waals surface area contributed by atoms with Crippen LogP contribution in [0.25, 0.3) is 0 Å². The van der Waals surface area contributed by atoms with E-state index in [0.29, 0.717) is 18.4 Å². The second-order valence-electron chi connectivity index (χ2n) is 3.77. The van der Waals surface area contributed by atoms with Gasteiger partial charge in [-0.3, -0.25) is 0 Å². The van der Waals surface area contributed by atoms with Crippen molar-refractivity contribution in [3.8, 4) is 0 Å². The number of carbonyl (C=O) groups is 1. The van der Waals surface area contributed by atoms with E-state index >= 15 is 0 Å². The average Bonchev–Trinajstić information content (AvgIpc) is 2.99. The van der Waals surface area contributed by atoms with Gasteiger partial charge in [-0.2, -0.15) is 4.39 Å². The van der Waals surface area contributed by atoms with E-state index in [2.05, 4.69) is 4.98 Å². The molecular weight excluding hydrogens is 201 g/mol. The molecule has 80 valence electrons. The topological polar surface area (TPSA) is 70.4 Å². The molecule has 0 spiro atoms. The zero-order valence-corrected chi connectivity index (χ0v) is 7.85. The number of aromatic nitrogens is 1. The van der Waals surface area contributed by atoms with E-state index in [1.165, 1.54) is 18.3 Å². The standard InChI is InChI=1S/C10H10FNO3/c11-7-2-1-6(5-12-7)10(3-4-10)8(13)9(14)15/h1-2,5,8,13H,3-4H2,(H,14,15). The van der Waals surface area contributed by atoms with Gasteiger partial charge in [-0.05, 0) is 24.5 Å². The molecule has 1 aromatic heterocycles. The Morgan fingerprint density at radius 2 is 2.20 bits per heavy atom. The Labute approximate surface area is 85.4 Å². The fraction of sp³-hybridized carbons (Fsp3) is 0.400. The Bertz CT molecular complexity index is 386. The molecule has 2 N–H and O–H groups in total. The minimum atomic E-state index is -1.44. The zero-order chi connectivity index (χ0) is 11.1. The Hall–Kier alpha value is -1.49. The number of carboxylic acid groups (broad SMARTS) is 1. The van der Waals surface area contributed by atoms with Gasteiger partial charge in [0.15, 0.2) is 6.10 Å². The van der Waals surface area contributed by atoms with Gasteiger partial charge in [-0.15, -0.1) is 0 Å². The molecule has 4 nitrogen and oxygen atoms in total. The van der Waals surface area contributed by atoms with Crippen molar-refractivity contribution in [2.45, 2.75) is 24.4 Å². The van der Waals surface area contributed by atoms with E-state index in [-0.39, 0.29) is 0 Å². The van der Waals surface area contributed by atoms with Crippen LogP contribution in [0.3, 0.4) is 0 Å². The van der Waals surface area contributed by atoms with Crippen LogP contribution in [0.15, 0.2) is 18.3 Å². The van der Waals surface area contributed by atoms with Crippen LogP contribution >= 0.6 is 0 Å². The van der Waals surface area contributed by atoms with Crippen LogP contribution in [0.2, 0.25) is 0 Å². The summed E-state index contributed by atoms with van der Waals surface area (Å²) in [5.41, 5.74) is -0.175. The summed E-state index contributed by atoms with van der Waals surface area (Å²) in [6.07, 6.45) is 1.03. The lowest BCUT2D eigenvalue weighted by atomic mass is 9.91. The Kier molecular flexibility index (Phi) is 2.19. The maximum atomic E-state index is 12.6. The predicted octanol–water partition coefficient (Wildman–Crippen LogP) is 0.698. The Morgan fingerprint density at radius 3 is 2.60 bits per heavy atom. The third-order valence-corrected chi connectivity index (χ3v) is 2.85. The number of aliphatic carboxylic acids is 1. The van der Waals surface area contributed by atoms with Crippen molar-refractivity contribution in [2.24, 2.45) is 0 Å². The van der Waals surface area contributed by atoms with Crippen LogP contribution in [-0.4, -0.2) is 27.3 Å².